The third kappa shape index (κ3) is 6.39. The van der Waals surface area contributed by atoms with Gasteiger partial charge in [-0.1, -0.05) is 59.5 Å². The smallest absolute Gasteiger partial charge is 0.373 e. The van der Waals surface area contributed by atoms with Gasteiger partial charge >= 0.3 is 6.15 Å². The van der Waals surface area contributed by atoms with Crippen molar-refractivity contribution >= 4 is 11.9 Å². The van der Waals surface area contributed by atoms with Crippen molar-refractivity contribution in [2.75, 3.05) is 0 Å². The SMILES string of the molecule is CCCCCCC(C)(C)c1cc(O)c2c(c1)OC(C)(C)[C@@H]1CC=C(C(=O)CCC)CC21.O=C=O. The zero-order valence-corrected chi connectivity index (χ0v) is 21.8. The highest BCUT2D eigenvalue weighted by Crippen LogP contribution is 2.55. The van der Waals surface area contributed by atoms with E-state index in [4.69, 9.17) is 14.3 Å². The number of allylic oxidation sites excluding steroid dienone is 2. The normalized spacial score (nSPS) is 20.5. The second-order valence-corrected chi connectivity index (χ2v) is 10.9. The Morgan fingerprint density at radius 2 is 1.82 bits per heavy atom. The summed E-state index contributed by atoms with van der Waals surface area (Å²) >= 11 is 0. The summed E-state index contributed by atoms with van der Waals surface area (Å²) in [6.45, 7) is 13.1. The molecule has 5 nitrogen and oxygen atoms in total. The maximum absolute atomic E-state index is 12.6. The standard InChI is InChI=1S/C28H42O3.CO2/c1-7-9-10-11-15-27(3,4)20-17-24(30)26-21-16-19(23(29)12-8-2)13-14-22(21)28(5,6)31-25(26)18-20;2-1-3/h13,17-18,21-22,30H,7-12,14-16H2,1-6H3;/t21?,22-;/m1./s1. The highest BCUT2D eigenvalue weighted by molar-refractivity contribution is 5.95. The van der Waals surface area contributed by atoms with Gasteiger partial charge in [0.15, 0.2) is 5.78 Å². The number of unbranched alkanes of at least 4 members (excludes halogenated alkanes) is 3. The molecule has 1 heterocycles. The molecule has 1 unspecified atom stereocenters. The first kappa shape index (κ1) is 27.9. The number of Topliss-reactive ketones (excluding diaryl/α,β-unsaturated/α-hetero) is 1. The van der Waals surface area contributed by atoms with E-state index in [0.717, 1.165) is 41.7 Å². The highest BCUT2D eigenvalue weighted by Gasteiger charge is 2.47. The number of fused-ring (bicyclic) bond motifs is 3. The van der Waals surface area contributed by atoms with E-state index in [1.54, 1.807) is 0 Å². The van der Waals surface area contributed by atoms with Gasteiger partial charge in [-0.25, -0.2) is 0 Å². The quantitative estimate of drug-likeness (QED) is 0.392. The minimum atomic E-state index is -0.330. The largest absolute Gasteiger partial charge is 0.508 e. The van der Waals surface area contributed by atoms with Crippen molar-refractivity contribution in [1.29, 1.82) is 0 Å². The van der Waals surface area contributed by atoms with Crippen LogP contribution < -0.4 is 4.74 Å². The van der Waals surface area contributed by atoms with Crippen molar-refractivity contribution < 1.29 is 24.2 Å². The molecule has 2 atom stereocenters. The Bertz CT molecular complexity index is 919. The van der Waals surface area contributed by atoms with Gasteiger partial charge in [0, 0.05) is 23.8 Å². The summed E-state index contributed by atoms with van der Waals surface area (Å²) in [4.78, 5) is 28.9. The summed E-state index contributed by atoms with van der Waals surface area (Å²) in [5.41, 5.74) is 2.64. The topological polar surface area (TPSA) is 80.7 Å². The molecule has 3 rings (SSSR count). The van der Waals surface area contributed by atoms with Crippen LogP contribution in [0.3, 0.4) is 0 Å². The molecule has 1 aliphatic carbocycles. The number of benzene rings is 1. The molecule has 0 spiro atoms. The number of aromatic hydroxyl groups is 1. The van der Waals surface area contributed by atoms with Gasteiger partial charge in [-0.3, -0.25) is 4.79 Å². The van der Waals surface area contributed by atoms with Gasteiger partial charge in [-0.2, -0.15) is 9.59 Å². The Labute approximate surface area is 205 Å². The van der Waals surface area contributed by atoms with Crippen LogP contribution in [0.5, 0.6) is 11.5 Å². The van der Waals surface area contributed by atoms with Crippen molar-refractivity contribution in [2.45, 2.75) is 116 Å². The molecular formula is C29H42O5. The van der Waals surface area contributed by atoms with Crippen LogP contribution in [-0.4, -0.2) is 22.6 Å². The van der Waals surface area contributed by atoms with Crippen LogP contribution in [0, 0.1) is 5.92 Å². The van der Waals surface area contributed by atoms with E-state index in [1.165, 1.54) is 25.7 Å². The summed E-state index contributed by atoms with van der Waals surface area (Å²) in [5.74, 6) is 1.80. The Kier molecular flexibility index (Phi) is 9.70. The van der Waals surface area contributed by atoms with Crippen LogP contribution >= 0.6 is 0 Å². The van der Waals surface area contributed by atoms with Gasteiger partial charge < -0.3 is 9.84 Å². The molecule has 0 radical (unpaired) electrons. The minimum absolute atomic E-state index is 0.0146. The summed E-state index contributed by atoms with van der Waals surface area (Å²) < 4.78 is 6.52. The predicted molar refractivity (Wildman–Crippen MR) is 133 cm³/mol. The van der Waals surface area contributed by atoms with E-state index >= 15 is 0 Å². The van der Waals surface area contributed by atoms with Crippen molar-refractivity contribution in [3.63, 3.8) is 0 Å². The van der Waals surface area contributed by atoms with Gasteiger partial charge in [0.05, 0.1) is 0 Å². The molecule has 0 bridgehead atoms. The van der Waals surface area contributed by atoms with Crippen LogP contribution in [0.4, 0.5) is 0 Å². The first-order valence-corrected chi connectivity index (χ1v) is 12.8. The first-order chi connectivity index (χ1) is 16.0. The number of carbonyl (C=O) groups excluding carboxylic acids is 3. The van der Waals surface area contributed by atoms with Crippen LogP contribution in [0.15, 0.2) is 23.8 Å². The van der Waals surface area contributed by atoms with Gasteiger partial charge in [0.1, 0.15) is 17.1 Å². The van der Waals surface area contributed by atoms with E-state index in [1.807, 2.05) is 13.0 Å². The van der Waals surface area contributed by atoms with Crippen molar-refractivity contribution in [2.24, 2.45) is 5.92 Å². The Balaban J connectivity index is 0.00000129. The summed E-state index contributed by atoms with van der Waals surface area (Å²) in [6.07, 6.45) is 11.4. The zero-order valence-electron chi connectivity index (χ0n) is 21.8. The Morgan fingerprint density at radius 3 is 2.44 bits per heavy atom. The van der Waals surface area contributed by atoms with Crippen LogP contribution in [-0.2, 0) is 19.8 Å². The lowest BCUT2D eigenvalue weighted by atomic mass is 9.66. The second kappa shape index (κ2) is 11.8. The third-order valence-corrected chi connectivity index (χ3v) is 7.57. The lowest BCUT2D eigenvalue weighted by Crippen LogP contribution is -2.46. The van der Waals surface area contributed by atoms with E-state index in [9.17, 15) is 9.90 Å². The molecule has 34 heavy (non-hydrogen) atoms. The molecule has 0 aromatic heterocycles. The van der Waals surface area contributed by atoms with Crippen molar-refractivity contribution in [3.05, 3.63) is 34.9 Å². The lowest BCUT2D eigenvalue weighted by molar-refractivity contribution is -0.191. The minimum Gasteiger partial charge on any atom is -0.508 e. The van der Waals surface area contributed by atoms with Crippen LogP contribution in [0.1, 0.15) is 116 Å². The fraction of sp³-hybridized carbons (Fsp3) is 0.655. The number of ketones is 1. The summed E-state index contributed by atoms with van der Waals surface area (Å²) in [7, 11) is 0. The molecule has 2 aliphatic rings. The van der Waals surface area contributed by atoms with E-state index in [-0.39, 0.29) is 34.8 Å². The van der Waals surface area contributed by atoms with Gasteiger partial charge in [0.25, 0.3) is 0 Å². The van der Waals surface area contributed by atoms with E-state index in [2.05, 4.69) is 46.8 Å². The second-order valence-electron chi connectivity index (χ2n) is 10.9. The number of hydrogen-bond donors (Lipinski definition) is 1. The monoisotopic (exact) mass is 470 g/mol. The molecule has 1 aromatic rings. The third-order valence-electron chi connectivity index (χ3n) is 7.57. The maximum atomic E-state index is 12.6. The molecule has 1 aromatic carbocycles. The van der Waals surface area contributed by atoms with Crippen LogP contribution in [0.25, 0.3) is 0 Å². The average Bonchev–Trinajstić information content (AvgIpc) is 2.76. The molecule has 0 amide bonds. The van der Waals surface area contributed by atoms with Gasteiger partial charge in [0.2, 0.25) is 0 Å². The molecule has 1 aliphatic heterocycles. The van der Waals surface area contributed by atoms with Crippen LogP contribution in [0.2, 0.25) is 0 Å². The van der Waals surface area contributed by atoms with Crippen molar-refractivity contribution in [1.82, 2.24) is 0 Å². The number of ether oxygens (including phenoxy) is 1. The summed E-state index contributed by atoms with van der Waals surface area (Å²) in [6, 6.07) is 4.13. The van der Waals surface area contributed by atoms with Gasteiger partial charge in [-0.15, -0.1) is 0 Å². The van der Waals surface area contributed by atoms with Crippen molar-refractivity contribution in [3.8, 4) is 11.5 Å². The molecule has 0 saturated carbocycles. The Hall–Kier alpha value is -2.39. The number of rotatable bonds is 9. The molecule has 5 heteroatoms. The molecule has 0 fully saturated rings. The number of hydrogen-bond acceptors (Lipinski definition) is 5. The predicted octanol–water partition coefficient (Wildman–Crippen LogP) is 7.02. The number of phenols is 1. The molecule has 188 valence electrons. The molecule has 1 N–H and O–H groups in total. The first-order valence-electron chi connectivity index (χ1n) is 12.8. The molecule has 0 saturated heterocycles. The molecular weight excluding hydrogens is 428 g/mol. The summed E-state index contributed by atoms with van der Waals surface area (Å²) in [5, 5.41) is 11.2. The fourth-order valence-electron chi connectivity index (χ4n) is 5.54. The Morgan fingerprint density at radius 1 is 1.15 bits per heavy atom. The number of carbonyl (C=O) groups is 1. The fourth-order valence-corrected chi connectivity index (χ4v) is 5.54. The number of phenolic OH excluding ortho intramolecular Hbond substituents is 1. The van der Waals surface area contributed by atoms with E-state index < -0.39 is 0 Å². The van der Waals surface area contributed by atoms with Gasteiger partial charge in [-0.05, 0) is 68.2 Å². The lowest BCUT2D eigenvalue weighted by Gasteiger charge is -2.47. The highest BCUT2D eigenvalue weighted by atomic mass is 16.5. The average molecular weight is 471 g/mol. The maximum Gasteiger partial charge on any atom is 0.373 e. The van der Waals surface area contributed by atoms with E-state index in [0.29, 0.717) is 18.6 Å². The zero-order chi connectivity index (χ0) is 25.5.